The van der Waals surface area contributed by atoms with Gasteiger partial charge in [0.15, 0.2) is 5.78 Å². The fourth-order valence-corrected chi connectivity index (χ4v) is 3.78. The Labute approximate surface area is 189 Å². The number of ketones is 1. The van der Waals surface area contributed by atoms with Gasteiger partial charge in [-0.25, -0.2) is 0 Å². The number of nitrogens with zero attached hydrogens (tertiary/aromatic N) is 1. The summed E-state index contributed by atoms with van der Waals surface area (Å²) in [7, 11) is 0. The van der Waals surface area contributed by atoms with E-state index in [1.54, 1.807) is 11.8 Å². The lowest BCUT2D eigenvalue weighted by molar-refractivity contribution is -0.116. The van der Waals surface area contributed by atoms with Gasteiger partial charge in [-0.15, -0.1) is 0 Å². The zero-order valence-electron chi connectivity index (χ0n) is 18.3. The van der Waals surface area contributed by atoms with Crippen LogP contribution in [0.4, 0.5) is 5.69 Å². The van der Waals surface area contributed by atoms with Gasteiger partial charge in [-0.3, -0.25) is 9.59 Å². The number of amides is 1. The van der Waals surface area contributed by atoms with Crippen LogP contribution in [0.3, 0.4) is 0 Å². The van der Waals surface area contributed by atoms with Crippen molar-refractivity contribution in [1.82, 2.24) is 0 Å². The Balaban J connectivity index is 1.80. The van der Waals surface area contributed by atoms with Crippen molar-refractivity contribution in [2.24, 2.45) is 0 Å². The van der Waals surface area contributed by atoms with E-state index in [2.05, 4.69) is 0 Å². The van der Waals surface area contributed by atoms with Gasteiger partial charge in [0.05, 0.1) is 6.54 Å². The number of aryl methyl sites for hydroxylation is 1. The molecule has 4 rings (SSSR count). The molecule has 32 heavy (non-hydrogen) atoms. The van der Waals surface area contributed by atoms with Gasteiger partial charge in [-0.05, 0) is 41.8 Å². The van der Waals surface area contributed by atoms with Crippen LogP contribution in [0.15, 0.2) is 103 Å². The van der Waals surface area contributed by atoms with Gasteiger partial charge >= 0.3 is 0 Å². The zero-order valence-corrected chi connectivity index (χ0v) is 18.3. The lowest BCUT2D eigenvalue weighted by Crippen LogP contribution is -2.28. The number of anilines is 1. The first-order valence-corrected chi connectivity index (χ1v) is 10.7. The molecule has 0 fully saturated rings. The lowest BCUT2D eigenvalue weighted by Gasteiger charge is -2.23. The Morgan fingerprint density at radius 2 is 1.34 bits per heavy atom. The lowest BCUT2D eigenvalue weighted by atomic mass is 9.94. The molecule has 0 aliphatic carbocycles. The van der Waals surface area contributed by atoms with Crippen molar-refractivity contribution >= 4 is 17.4 Å². The monoisotopic (exact) mass is 419 g/mol. The second-order valence-electron chi connectivity index (χ2n) is 7.87. The smallest absolute Gasteiger partial charge is 0.224 e. The first kappa shape index (κ1) is 21.3. The third kappa shape index (κ3) is 4.68. The van der Waals surface area contributed by atoms with E-state index in [0.717, 1.165) is 27.9 Å². The maximum Gasteiger partial charge on any atom is 0.224 e. The number of hydrogen-bond acceptors (Lipinski definition) is 2. The largest absolute Gasteiger partial charge is 0.308 e. The normalized spacial score (nSPS) is 10.6. The van der Waals surface area contributed by atoms with E-state index in [0.29, 0.717) is 17.7 Å². The summed E-state index contributed by atoms with van der Waals surface area (Å²) in [5.74, 6) is -0.121. The standard InChI is InChI=1S/C29H25NO2/c1-21-13-16-27(17-14-21)30(22(2)31)20-26-19-25(23-9-5-3-6-10-23)15-18-28(26)29(32)24-11-7-4-8-12-24/h3-19H,20H2,1-2H3. The first-order chi connectivity index (χ1) is 15.5. The molecule has 0 heterocycles. The van der Waals surface area contributed by atoms with Crippen LogP contribution in [0, 0.1) is 6.92 Å². The SMILES string of the molecule is CC(=O)N(Cc1cc(-c2ccccc2)ccc1C(=O)c1ccccc1)c1ccc(C)cc1. The molecule has 0 aliphatic rings. The molecule has 4 aromatic carbocycles. The Kier molecular flexibility index (Phi) is 6.27. The summed E-state index contributed by atoms with van der Waals surface area (Å²) in [5, 5.41) is 0. The van der Waals surface area contributed by atoms with E-state index >= 15 is 0 Å². The van der Waals surface area contributed by atoms with Crippen molar-refractivity contribution in [3.05, 3.63) is 125 Å². The maximum absolute atomic E-state index is 13.3. The van der Waals surface area contributed by atoms with Crippen molar-refractivity contribution < 1.29 is 9.59 Å². The topological polar surface area (TPSA) is 37.4 Å². The third-order valence-corrected chi connectivity index (χ3v) is 5.55. The average molecular weight is 420 g/mol. The molecule has 0 aromatic heterocycles. The number of benzene rings is 4. The van der Waals surface area contributed by atoms with E-state index in [-0.39, 0.29) is 11.7 Å². The Morgan fingerprint density at radius 3 is 1.97 bits per heavy atom. The molecule has 0 unspecified atom stereocenters. The van der Waals surface area contributed by atoms with E-state index in [1.165, 1.54) is 0 Å². The first-order valence-electron chi connectivity index (χ1n) is 10.7. The van der Waals surface area contributed by atoms with E-state index < -0.39 is 0 Å². The second-order valence-corrected chi connectivity index (χ2v) is 7.87. The minimum absolute atomic E-state index is 0.0485. The van der Waals surface area contributed by atoms with Crippen LogP contribution in [0.2, 0.25) is 0 Å². The molecule has 0 aliphatic heterocycles. The minimum Gasteiger partial charge on any atom is -0.308 e. The predicted octanol–water partition coefficient (Wildman–Crippen LogP) is 6.45. The molecule has 1 amide bonds. The van der Waals surface area contributed by atoms with Crippen LogP contribution < -0.4 is 4.90 Å². The van der Waals surface area contributed by atoms with Gasteiger partial charge in [0.2, 0.25) is 5.91 Å². The highest BCUT2D eigenvalue weighted by Gasteiger charge is 2.19. The van der Waals surface area contributed by atoms with Gasteiger partial charge in [-0.1, -0.05) is 90.5 Å². The van der Waals surface area contributed by atoms with Gasteiger partial charge < -0.3 is 4.90 Å². The molecule has 0 saturated carbocycles. The fourth-order valence-electron chi connectivity index (χ4n) is 3.78. The maximum atomic E-state index is 13.3. The van der Waals surface area contributed by atoms with Gasteiger partial charge in [-0.2, -0.15) is 0 Å². The summed E-state index contributed by atoms with van der Waals surface area (Å²) in [4.78, 5) is 27.6. The molecular formula is C29H25NO2. The van der Waals surface area contributed by atoms with Crippen LogP contribution in [0.5, 0.6) is 0 Å². The molecule has 158 valence electrons. The van der Waals surface area contributed by atoms with Crippen LogP contribution in [-0.2, 0) is 11.3 Å². The molecule has 3 heteroatoms. The van der Waals surface area contributed by atoms with Crippen LogP contribution in [-0.4, -0.2) is 11.7 Å². The summed E-state index contributed by atoms with van der Waals surface area (Å²) in [6.07, 6.45) is 0. The summed E-state index contributed by atoms with van der Waals surface area (Å²) < 4.78 is 0. The summed E-state index contributed by atoms with van der Waals surface area (Å²) in [5.41, 5.74) is 6.07. The minimum atomic E-state index is -0.0722. The highest BCUT2D eigenvalue weighted by atomic mass is 16.2. The molecule has 0 radical (unpaired) electrons. The quantitative estimate of drug-likeness (QED) is 0.337. The van der Waals surface area contributed by atoms with Crippen molar-refractivity contribution in [3.63, 3.8) is 0 Å². The zero-order chi connectivity index (χ0) is 22.5. The number of carbonyl (C=O) groups excluding carboxylic acids is 2. The van der Waals surface area contributed by atoms with Crippen molar-refractivity contribution in [3.8, 4) is 11.1 Å². The summed E-state index contributed by atoms with van der Waals surface area (Å²) >= 11 is 0. The predicted molar refractivity (Wildman–Crippen MR) is 130 cm³/mol. The average Bonchev–Trinajstić information content (AvgIpc) is 2.83. The number of rotatable bonds is 6. The Hall–Kier alpha value is -3.98. The van der Waals surface area contributed by atoms with Crippen LogP contribution in [0.1, 0.15) is 34.0 Å². The van der Waals surface area contributed by atoms with Gasteiger partial charge in [0, 0.05) is 23.7 Å². The molecule has 0 spiro atoms. The molecule has 0 bridgehead atoms. The highest BCUT2D eigenvalue weighted by molar-refractivity contribution is 6.10. The van der Waals surface area contributed by atoms with Gasteiger partial charge in [0.1, 0.15) is 0 Å². The molecule has 0 saturated heterocycles. The number of carbonyl (C=O) groups is 2. The van der Waals surface area contributed by atoms with E-state index in [1.807, 2.05) is 110 Å². The molecule has 0 N–H and O–H groups in total. The van der Waals surface area contributed by atoms with Gasteiger partial charge in [0.25, 0.3) is 0 Å². The summed E-state index contributed by atoms with van der Waals surface area (Å²) in [6.45, 7) is 3.88. The molecular weight excluding hydrogens is 394 g/mol. The van der Waals surface area contributed by atoms with Crippen LogP contribution >= 0.6 is 0 Å². The second kappa shape index (κ2) is 9.44. The molecule has 3 nitrogen and oxygen atoms in total. The Morgan fingerprint density at radius 1 is 0.719 bits per heavy atom. The molecule has 0 atom stereocenters. The Bertz CT molecular complexity index is 1230. The van der Waals surface area contributed by atoms with Crippen LogP contribution in [0.25, 0.3) is 11.1 Å². The van der Waals surface area contributed by atoms with Crippen molar-refractivity contribution in [2.45, 2.75) is 20.4 Å². The van der Waals surface area contributed by atoms with E-state index in [9.17, 15) is 9.59 Å². The number of hydrogen-bond donors (Lipinski definition) is 0. The fraction of sp³-hybridized carbons (Fsp3) is 0.103. The van der Waals surface area contributed by atoms with Crippen molar-refractivity contribution in [2.75, 3.05) is 4.90 Å². The van der Waals surface area contributed by atoms with Crippen molar-refractivity contribution in [1.29, 1.82) is 0 Å². The molecule has 4 aromatic rings. The highest BCUT2D eigenvalue weighted by Crippen LogP contribution is 2.27. The summed E-state index contributed by atoms with van der Waals surface area (Å²) in [6, 6.07) is 33.0. The third-order valence-electron chi connectivity index (χ3n) is 5.55. The van der Waals surface area contributed by atoms with E-state index in [4.69, 9.17) is 0 Å².